The maximum atomic E-state index is 10.6. The molecule has 0 bridgehead atoms. The first-order valence-electron chi connectivity index (χ1n) is 3.38. The Balaban J connectivity index is 3.05. The summed E-state index contributed by atoms with van der Waals surface area (Å²) in [5.41, 5.74) is 2.08. The summed E-state index contributed by atoms with van der Waals surface area (Å²) < 4.78 is 0. The second-order valence-corrected chi connectivity index (χ2v) is 2.90. The second kappa shape index (κ2) is 4.20. The molecule has 0 atom stereocenters. The predicted octanol–water partition coefficient (Wildman–Crippen LogP) is 2.41. The van der Waals surface area contributed by atoms with E-state index in [4.69, 9.17) is 16.7 Å². The molecule has 0 fully saturated rings. The zero-order valence-electron chi connectivity index (χ0n) is 6.45. The van der Waals surface area contributed by atoms with Gasteiger partial charge in [0.05, 0.1) is 16.1 Å². The maximum absolute atomic E-state index is 10.6. The molecule has 0 aliphatic carbocycles. The molecule has 0 aliphatic rings. The van der Waals surface area contributed by atoms with Gasteiger partial charge in [-0.15, -0.1) is 0 Å². The van der Waals surface area contributed by atoms with E-state index in [-0.39, 0.29) is 10.6 Å². The average Bonchev–Trinajstić information content (AvgIpc) is 2.04. The summed E-state index contributed by atoms with van der Waals surface area (Å²) in [6, 6.07) is 4.53. The van der Waals surface area contributed by atoms with Crippen LogP contribution in [0.2, 0.25) is 5.02 Å². The van der Waals surface area contributed by atoms with Gasteiger partial charge in [0.2, 0.25) is 0 Å². The van der Waals surface area contributed by atoms with Gasteiger partial charge in [-0.3, -0.25) is 0 Å². The largest absolute Gasteiger partial charge is 0.478 e. The van der Waals surface area contributed by atoms with Gasteiger partial charge in [0.25, 0.3) is 0 Å². The lowest BCUT2D eigenvalue weighted by atomic mass is 10.2. The highest BCUT2D eigenvalue weighted by Crippen LogP contribution is 2.20. The molecule has 0 heterocycles. The van der Waals surface area contributed by atoms with Gasteiger partial charge in [-0.25, -0.2) is 4.79 Å². The number of rotatable bonds is 3. The summed E-state index contributed by atoms with van der Waals surface area (Å²) in [6.07, 6.45) is 0. The van der Waals surface area contributed by atoms with Crippen molar-refractivity contribution >= 4 is 41.0 Å². The monoisotopic (exact) mass is 215 g/mol. The Labute approximate surface area is 85.3 Å². The van der Waals surface area contributed by atoms with Crippen LogP contribution in [0.25, 0.3) is 0 Å². The highest BCUT2D eigenvalue weighted by atomic mass is 35.5. The molecule has 0 spiro atoms. The number of carbonyl (C=O) groups is 1. The van der Waals surface area contributed by atoms with Gasteiger partial charge in [0, 0.05) is 5.69 Å². The molecular formula is C8H6ClNO2S. The first-order valence-corrected chi connectivity index (χ1v) is 4.23. The molecule has 68 valence electrons. The summed E-state index contributed by atoms with van der Waals surface area (Å²) >= 11 is 10.3. The van der Waals surface area contributed by atoms with Crippen LogP contribution in [0.4, 0.5) is 5.69 Å². The maximum Gasteiger partial charge on any atom is 0.337 e. The number of nitrogens with one attached hydrogen (secondary N) is 1. The molecule has 5 heteroatoms. The van der Waals surface area contributed by atoms with Crippen LogP contribution in [-0.2, 0) is 0 Å². The van der Waals surface area contributed by atoms with E-state index in [0.717, 1.165) is 0 Å². The fraction of sp³-hybridized carbons (Fsp3) is 0. The SMILES string of the molecule is O=C(O)c1ccc(NC=S)cc1Cl. The third-order valence-corrected chi connectivity index (χ3v) is 1.86. The van der Waals surface area contributed by atoms with Gasteiger partial charge in [0.15, 0.2) is 0 Å². The standard InChI is InChI=1S/C8H6ClNO2S/c9-7-3-5(10-4-13)1-2-6(7)8(11)12/h1-4H,(H,10,13)(H,11,12). The molecule has 1 aromatic carbocycles. The van der Waals surface area contributed by atoms with Crippen molar-refractivity contribution in [2.45, 2.75) is 0 Å². The molecule has 0 unspecified atom stereocenters. The van der Waals surface area contributed by atoms with Crippen LogP contribution >= 0.6 is 23.8 Å². The van der Waals surface area contributed by atoms with Crippen molar-refractivity contribution in [3.63, 3.8) is 0 Å². The van der Waals surface area contributed by atoms with E-state index in [1.54, 1.807) is 6.07 Å². The number of halogens is 1. The predicted molar refractivity (Wildman–Crippen MR) is 55.7 cm³/mol. The highest BCUT2D eigenvalue weighted by molar-refractivity contribution is 7.79. The molecule has 2 N–H and O–H groups in total. The van der Waals surface area contributed by atoms with E-state index < -0.39 is 5.97 Å². The van der Waals surface area contributed by atoms with Crippen molar-refractivity contribution in [1.29, 1.82) is 0 Å². The van der Waals surface area contributed by atoms with Crippen molar-refractivity contribution in [3.8, 4) is 0 Å². The zero-order valence-corrected chi connectivity index (χ0v) is 8.02. The Morgan fingerprint density at radius 3 is 2.77 bits per heavy atom. The van der Waals surface area contributed by atoms with Crippen LogP contribution < -0.4 is 5.32 Å². The van der Waals surface area contributed by atoms with E-state index in [0.29, 0.717) is 5.69 Å². The molecule has 3 nitrogen and oxygen atoms in total. The Morgan fingerprint density at radius 1 is 1.62 bits per heavy atom. The van der Waals surface area contributed by atoms with Crippen molar-refractivity contribution in [2.24, 2.45) is 0 Å². The van der Waals surface area contributed by atoms with Gasteiger partial charge >= 0.3 is 5.97 Å². The quantitative estimate of drug-likeness (QED) is 0.761. The molecule has 0 saturated carbocycles. The summed E-state index contributed by atoms with van der Waals surface area (Å²) in [5.74, 6) is -1.04. The molecule has 13 heavy (non-hydrogen) atoms. The minimum absolute atomic E-state index is 0.0802. The molecule has 0 saturated heterocycles. The van der Waals surface area contributed by atoms with E-state index in [9.17, 15) is 4.79 Å². The summed E-state index contributed by atoms with van der Waals surface area (Å²) in [5, 5.41) is 11.6. The Morgan fingerprint density at radius 2 is 2.31 bits per heavy atom. The fourth-order valence-electron chi connectivity index (χ4n) is 0.846. The van der Waals surface area contributed by atoms with Crippen LogP contribution in [0.3, 0.4) is 0 Å². The Bertz CT molecular complexity index is 354. The molecular weight excluding hydrogens is 210 g/mol. The zero-order chi connectivity index (χ0) is 9.84. The number of anilines is 1. The Hall–Kier alpha value is -1.13. The van der Waals surface area contributed by atoms with Crippen molar-refractivity contribution in [2.75, 3.05) is 5.32 Å². The number of aromatic carboxylic acids is 1. The fourth-order valence-corrected chi connectivity index (χ4v) is 1.24. The van der Waals surface area contributed by atoms with Crippen molar-refractivity contribution < 1.29 is 9.90 Å². The minimum atomic E-state index is -1.04. The summed E-state index contributed by atoms with van der Waals surface area (Å²) in [4.78, 5) is 10.6. The smallest absolute Gasteiger partial charge is 0.337 e. The molecule has 1 aromatic rings. The van der Waals surface area contributed by atoms with Gasteiger partial charge in [-0.1, -0.05) is 23.8 Å². The third-order valence-electron chi connectivity index (χ3n) is 1.43. The van der Waals surface area contributed by atoms with Crippen LogP contribution in [0.1, 0.15) is 10.4 Å². The summed E-state index contributed by atoms with van der Waals surface area (Å²) in [6.45, 7) is 0. The van der Waals surface area contributed by atoms with Crippen LogP contribution in [0, 0.1) is 0 Å². The average molecular weight is 216 g/mol. The minimum Gasteiger partial charge on any atom is -0.478 e. The van der Waals surface area contributed by atoms with Gasteiger partial charge in [-0.05, 0) is 18.2 Å². The molecule has 1 rings (SSSR count). The highest BCUT2D eigenvalue weighted by Gasteiger charge is 2.07. The second-order valence-electron chi connectivity index (χ2n) is 2.26. The normalized spacial score (nSPS) is 9.31. The van der Waals surface area contributed by atoms with Gasteiger partial charge < -0.3 is 10.4 Å². The van der Waals surface area contributed by atoms with Crippen LogP contribution in [-0.4, -0.2) is 16.6 Å². The number of hydrogen-bond acceptors (Lipinski definition) is 2. The molecule has 0 radical (unpaired) electrons. The number of hydrogen-bond donors (Lipinski definition) is 2. The van der Waals surface area contributed by atoms with E-state index in [1.165, 1.54) is 17.6 Å². The van der Waals surface area contributed by atoms with Crippen molar-refractivity contribution in [3.05, 3.63) is 28.8 Å². The number of benzene rings is 1. The summed E-state index contributed by atoms with van der Waals surface area (Å²) in [7, 11) is 0. The Kier molecular flexibility index (Phi) is 3.22. The van der Waals surface area contributed by atoms with Crippen LogP contribution in [0.5, 0.6) is 0 Å². The molecule has 0 aromatic heterocycles. The van der Waals surface area contributed by atoms with Gasteiger partial charge in [-0.2, -0.15) is 0 Å². The van der Waals surface area contributed by atoms with Crippen LogP contribution in [0.15, 0.2) is 18.2 Å². The van der Waals surface area contributed by atoms with Crippen molar-refractivity contribution in [1.82, 2.24) is 0 Å². The van der Waals surface area contributed by atoms with E-state index >= 15 is 0 Å². The lowest BCUT2D eigenvalue weighted by Gasteiger charge is -2.02. The molecule has 0 aliphatic heterocycles. The number of carboxylic acids is 1. The van der Waals surface area contributed by atoms with Gasteiger partial charge in [0.1, 0.15) is 0 Å². The first-order chi connectivity index (χ1) is 6.15. The van der Waals surface area contributed by atoms with E-state index in [1.807, 2.05) is 0 Å². The lowest BCUT2D eigenvalue weighted by Crippen LogP contribution is -1.99. The topological polar surface area (TPSA) is 49.3 Å². The first kappa shape index (κ1) is 9.95. The molecule has 0 amide bonds. The number of thiocarbonyl (C=S) groups is 1. The lowest BCUT2D eigenvalue weighted by molar-refractivity contribution is 0.0697. The van der Waals surface area contributed by atoms with E-state index in [2.05, 4.69) is 17.5 Å². The third kappa shape index (κ3) is 2.40. The number of carboxylic acid groups (broad SMARTS) is 1.